The topological polar surface area (TPSA) is 64.7 Å². The van der Waals surface area contributed by atoms with E-state index in [1.54, 1.807) is 12.4 Å². The number of para-hydroxylation sites is 1. The van der Waals surface area contributed by atoms with Crippen LogP contribution in [0.5, 0.6) is 0 Å². The Hall–Kier alpha value is -2.49. The summed E-state index contributed by atoms with van der Waals surface area (Å²) in [5, 5.41) is 1.09. The second-order valence-corrected chi connectivity index (χ2v) is 4.14. The van der Waals surface area contributed by atoms with Gasteiger partial charge in [0.25, 0.3) is 0 Å². The molecular weight excluding hydrogens is 224 g/mol. The van der Waals surface area contributed by atoms with Gasteiger partial charge in [-0.05, 0) is 18.6 Å². The number of rotatable bonds is 1. The molecule has 0 amide bonds. The summed E-state index contributed by atoms with van der Waals surface area (Å²) in [6, 6.07) is 9.99. The van der Waals surface area contributed by atoms with Crippen LogP contribution in [0.3, 0.4) is 0 Å². The molecule has 0 spiro atoms. The maximum Gasteiger partial charge on any atom is 0.220 e. The van der Waals surface area contributed by atoms with Crippen molar-refractivity contribution in [3.8, 4) is 11.3 Å². The summed E-state index contributed by atoms with van der Waals surface area (Å²) < 4.78 is 0. The minimum absolute atomic E-state index is 0.281. The van der Waals surface area contributed by atoms with E-state index in [1.807, 2.05) is 37.3 Å². The van der Waals surface area contributed by atoms with E-state index in [1.165, 1.54) is 0 Å². The van der Waals surface area contributed by atoms with Crippen molar-refractivity contribution in [1.29, 1.82) is 0 Å². The molecule has 2 aromatic heterocycles. The number of hydrogen-bond acceptors (Lipinski definition) is 4. The van der Waals surface area contributed by atoms with Gasteiger partial charge in [-0.1, -0.05) is 24.3 Å². The van der Waals surface area contributed by atoms with Crippen molar-refractivity contribution < 1.29 is 0 Å². The van der Waals surface area contributed by atoms with E-state index in [0.29, 0.717) is 0 Å². The number of pyridine rings is 1. The van der Waals surface area contributed by atoms with Crippen LogP contribution < -0.4 is 5.73 Å². The Bertz CT molecular complexity index is 717. The summed E-state index contributed by atoms with van der Waals surface area (Å²) >= 11 is 0. The zero-order valence-corrected chi connectivity index (χ0v) is 9.96. The number of nitrogens with two attached hydrogens (primary N) is 1. The third-order valence-corrected chi connectivity index (χ3v) is 2.88. The Morgan fingerprint density at radius 3 is 2.78 bits per heavy atom. The van der Waals surface area contributed by atoms with Crippen molar-refractivity contribution in [2.75, 3.05) is 5.73 Å². The van der Waals surface area contributed by atoms with Gasteiger partial charge in [-0.25, -0.2) is 9.97 Å². The maximum atomic E-state index is 5.67. The molecule has 0 unspecified atom stereocenters. The van der Waals surface area contributed by atoms with Gasteiger partial charge in [-0.15, -0.1) is 0 Å². The highest BCUT2D eigenvalue weighted by molar-refractivity contribution is 5.93. The van der Waals surface area contributed by atoms with Gasteiger partial charge in [0.15, 0.2) is 0 Å². The van der Waals surface area contributed by atoms with E-state index in [2.05, 4.69) is 15.0 Å². The highest BCUT2D eigenvalue weighted by Gasteiger charge is 2.09. The minimum Gasteiger partial charge on any atom is -0.368 e. The third kappa shape index (κ3) is 1.68. The van der Waals surface area contributed by atoms with Crippen molar-refractivity contribution in [2.24, 2.45) is 0 Å². The molecule has 1 aromatic carbocycles. The zero-order valence-electron chi connectivity index (χ0n) is 9.96. The van der Waals surface area contributed by atoms with Gasteiger partial charge in [-0.3, -0.25) is 4.98 Å². The first-order valence-electron chi connectivity index (χ1n) is 5.69. The van der Waals surface area contributed by atoms with E-state index < -0.39 is 0 Å². The van der Waals surface area contributed by atoms with Crippen molar-refractivity contribution in [3.05, 3.63) is 48.3 Å². The highest BCUT2D eigenvalue weighted by atomic mass is 15.0. The highest BCUT2D eigenvalue weighted by Crippen LogP contribution is 2.27. The Labute approximate surface area is 105 Å². The zero-order chi connectivity index (χ0) is 12.5. The van der Waals surface area contributed by atoms with Gasteiger partial charge < -0.3 is 5.73 Å². The molecule has 0 bridgehead atoms. The molecule has 0 saturated carbocycles. The summed E-state index contributed by atoms with van der Waals surface area (Å²) in [7, 11) is 0. The van der Waals surface area contributed by atoms with Crippen LogP contribution in [0.4, 0.5) is 5.95 Å². The van der Waals surface area contributed by atoms with E-state index in [-0.39, 0.29) is 5.95 Å². The summed E-state index contributed by atoms with van der Waals surface area (Å²) in [6.45, 7) is 1.97. The summed E-state index contributed by atoms with van der Waals surface area (Å²) in [4.78, 5) is 12.7. The quantitative estimate of drug-likeness (QED) is 0.705. The molecule has 0 saturated heterocycles. The first kappa shape index (κ1) is 10.7. The smallest absolute Gasteiger partial charge is 0.220 e. The Balaban J connectivity index is 2.35. The summed E-state index contributed by atoms with van der Waals surface area (Å²) in [5.41, 5.74) is 9.41. The van der Waals surface area contributed by atoms with Crippen LogP contribution in [0.1, 0.15) is 5.56 Å². The molecule has 0 atom stereocenters. The average Bonchev–Trinajstić information content (AvgIpc) is 2.41. The minimum atomic E-state index is 0.281. The predicted octanol–water partition coefficient (Wildman–Crippen LogP) is 2.58. The van der Waals surface area contributed by atoms with Crippen LogP contribution in [-0.2, 0) is 0 Å². The molecule has 0 radical (unpaired) electrons. The fraction of sp³-hybridized carbons (Fsp3) is 0.0714. The number of nitrogens with zero attached hydrogens (tertiary/aromatic N) is 3. The van der Waals surface area contributed by atoms with Crippen LogP contribution >= 0.6 is 0 Å². The van der Waals surface area contributed by atoms with Crippen LogP contribution in [0.2, 0.25) is 0 Å². The lowest BCUT2D eigenvalue weighted by atomic mass is 10.0. The fourth-order valence-electron chi connectivity index (χ4n) is 2.02. The molecule has 3 rings (SSSR count). The summed E-state index contributed by atoms with van der Waals surface area (Å²) in [6.07, 6.45) is 3.52. The molecule has 0 aliphatic rings. The van der Waals surface area contributed by atoms with Gasteiger partial charge in [0.05, 0.1) is 11.2 Å². The standard InChI is InChI=1S/C14H12N4/c1-9-8-17-14(15)18-12(9)11-6-2-4-10-5-3-7-16-13(10)11/h2-8H,1H3,(H2,15,17,18). The number of hydrogen-bond donors (Lipinski definition) is 1. The van der Waals surface area contributed by atoms with Gasteiger partial charge in [-0.2, -0.15) is 0 Å². The first-order chi connectivity index (χ1) is 8.75. The molecule has 88 valence electrons. The van der Waals surface area contributed by atoms with E-state index in [4.69, 9.17) is 5.73 Å². The number of benzene rings is 1. The Morgan fingerprint density at radius 1 is 1.06 bits per heavy atom. The van der Waals surface area contributed by atoms with E-state index >= 15 is 0 Å². The van der Waals surface area contributed by atoms with Crippen LogP contribution in [0, 0.1) is 6.92 Å². The van der Waals surface area contributed by atoms with E-state index in [9.17, 15) is 0 Å². The number of nitrogen functional groups attached to an aromatic ring is 1. The fourth-order valence-corrected chi connectivity index (χ4v) is 2.02. The second-order valence-electron chi connectivity index (χ2n) is 4.14. The monoisotopic (exact) mass is 236 g/mol. The molecule has 0 aliphatic carbocycles. The van der Waals surface area contributed by atoms with Crippen molar-refractivity contribution in [3.63, 3.8) is 0 Å². The number of aromatic nitrogens is 3. The number of fused-ring (bicyclic) bond motifs is 1. The maximum absolute atomic E-state index is 5.67. The average molecular weight is 236 g/mol. The molecule has 0 aliphatic heterocycles. The second kappa shape index (κ2) is 4.07. The number of anilines is 1. The Kier molecular flexibility index (Phi) is 2.41. The first-order valence-corrected chi connectivity index (χ1v) is 5.69. The molecule has 2 heterocycles. The molecular formula is C14H12N4. The lowest BCUT2D eigenvalue weighted by Crippen LogP contribution is -1.98. The molecule has 4 nitrogen and oxygen atoms in total. The van der Waals surface area contributed by atoms with Gasteiger partial charge in [0.2, 0.25) is 5.95 Å². The van der Waals surface area contributed by atoms with Gasteiger partial charge in [0.1, 0.15) is 0 Å². The molecule has 0 fully saturated rings. The van der Waals surface area contributed by atoms with Crippen LogP contribution in [-0.4, -0.2) is 15.0 Å². The van der Waals surface area contributed by atoms with Crippen molar-refractivity contribution in [1.82, 2.24) is 15.0 Å². The van der Waals surface area contributed by atoms with Gasteiger partial charge >= 0.3 is 0 Å². The summed E-state index contributed by atoms with van der Waals surface area (Å²) in [5.74, 6) is 0.281. The lowest BCUT2D eigenvalue weighted by molar-refractivity contribution is 1.15. The number of aryl methyl sites for hydroxylation is 1. The van der Waals surface area contributed by atoms with Crippen molar-refractivity contribution in [2.45, 2.75) is 6.92 Å². The largest absolute Gasteiger partial charge is 0.368 e. The SMILES string of the molecule is Cc1cnc(N)nc1-c1cccc2cccnc12. The molecule has 18 heavy (non-hydrogen) atoms. The third-order valence-electron chi connectivity index (χ3n) is 2.88. The molecule has 3 aromatic rings. The van der Waals surface area contributed by atoms with Gasteiger partial charge in [0, 0.05) is 23.3 Å². The normalized spacial score (nSPS) is 10.7. The molecule has 4 heteroatoms. The molecule has 2 N–H and O–H groups in total. The van der Waals surface area contributed by atoms with E-state index in [0.717, 1.165) is 27.7 Å². The van der Waals surface area contributed by atoms with Crippen molar-refractivity contribution >= 4 is 16.9 Å². The lowest BCUT2D eigenvalue weighted by Gasteiger charge is -2.08. The van der Waals surface area contributed by atoms with Crippen LogP contribution in [0.25, 0.3) is 22.2 Å². The predicted molar refractivity (Wildman–Crippen MR) is 71.9 cm³/mol. The Morgan fingerprint density at radius 2 is 1.89 bits per heavy atom. The van der Waals surface area contributed by atoms with Crippen LogP contribution in [0.15, 0.2) is 42.7 Å².